The molecule has 174 valence electrons. The highest BCUT2D eigenvalue weighted by Gasteiger charge is 2.59. The zero-order chi connectivity index (χ0) is 22.5. The number of hydrogen-bond donors (Lipinski definition) is 1. The lowest BCUT2D eigenvalue weighted by molar-refractivity contribution is -0.132. The summed E-state index contributed by atoms with van der Waals surface area (Å²) in [5, 5.41) is 24.0. The van der Waals surface area contributed by atoms with Gasteiger partial charge in [0, 0.05) is 12.1 Å². The van der Waals surface area contributed by atoms with E-state index < -0.39 is 5.60 Å². The van der Waals surface area contributed by atoms with E-state index in [9.17, 15) is 9.90 Å². The summed E-state index contributed by atoms with van der Waals surface area (Å²) in [5.74, 6) is 4.27. The first-order valence-corrected chi connectivity index (χ1v) is 13.0. The lowest BCUT2D eigenvalue weighted by atomic mass is 9.49. The Morgan fingerprint density at radius 2 is 1.91 bits per heavy atom. The number of carbonyl (C=O) groups is 1. The molecule has 32 heavy (non-hydrogen) atoms. The molecule has 1 aromatic rings. The van der Waals surface area contributed by atoms with Crippen LogP contribution in [-0.4, -0.2) is 26.3 Å². The van der Waals surface area contributed by atoms with Gasteiger partial charge in [-0.05, 0) is 113 Å². The molecule has 4 fully saturated rings. The number of rotatable bonds is 4. The van der Waals surface area contributed by atoms with Crippen molar-refractivity contribution >= 4 is 5.78 Å². The highest BCUT2D eigenvalue weighted by Crippen LogP contribution is 2.65. The molecule has 1 N–H and O–H groups in total. The van der Waals surface area contributed by atoms with Crippen molar-refractivity contribution in [3.8, 4) is 6.07 Å². The molecule has 0 amide bonds. The minimum atomic E-state index is -0.475. The highest BCUT2D eigenvalue weighted by atomic mass is 16.3. The molecule has 1 heterocycles. The zero-order valence-electron chi connectivity index (χ0n) is 19.8. The fourth-order valence-corrected chi connectivity index (χ4v) is 8.90. The minimum absolute atomic E-state index is 0.140. The van der Waals surface area contributed by atoms with Gasteiger partial charge in [-0.2, -0.15) is 10.4 Å². The smallest absolute Gasteiger partial charge is 0.157 e. The second kappa shape index (κ2) is 8.28. The lowest BCUT2D eigenvalue weighted by Crippen LogP contribution is -2.49. The summed E-state index contributed by atoms with van der Waals surface area (Å²) in [5.41, 5.74) is 0.205. The predicted octanol–water partition coefficient (Wildman–Crippen LogP) is 5.12. The predicted molar refractivity (Wildman–Crippen MR) is 122 cm³/mol. The van der Waals surface area contributed by atoms with Crippen LogP contribution in [0, 0.1) is 52.3 Å². The summed E-state index contributed by atoms with van der Waals surface area (Å²) < 4.78 is 1.66. The van der Waals surface area contributed by atoms with Gasteiger partial charge >= 0.3 is 0 Å². The van der Waals surface area contributed by atoms with Gasteiger partial charge in [0.05, 0.1) is 23.9 Å². The average Bonchev–Trinajstić information content (AvgIpc) is 3.36. The van der Waals surface area contributed by atoms with Crippen molar-refractivity contribution in [2.75, 3.05) is 0 Å². The van der Waals surface area contributed by atoms with Crippen LogP contribution in [0.2, 0.25) is 0 Å². The molecule has 4 aliphatic carbocycles. The van der Waals surface area contributed by atoms with E-state index in [0.717, 1.165) is 49.4 Å². The van der Waals surface area contributed by atoms with Crippen LogP contribution in [0.4, 0.5) is 0 Å². The van der Waals surface area contributed by atoms with Crippen molar-refractivity contribution < 1.29 is 9.90 Å². The Balaban J connectivity index is 1.34. The number of carbonyl (C=O) groups excluding carboxylic acids is 1. The number of Topliss-reactive ketones (excluding diaryl/α,β-unsaturated/α-hetero) is 1. The second-order valence-corrected chi connectivity index (χ2v) is 11.8. The van der Waals surface area contributed by atoms with Crippen molar-refractivity contribution in [2.45, 2.75) is 96.6 Å². The Morgan fingerprint density at radius 1 is 1.12 bits per heavy atom. The fraction of sp³-hybridized carbons (Fsp3) is 0.815. The molecule has 0 bridgehead atoms. The number of nitrogens with zero attached hydrogens (tertiary/aromatic N) is 3. The Morgan fingerprint density at radius 3 is 2.66 bits per heavy atom. The third-order valence-electron chi connectivity index (χ3n) is 10.4. The van der Waals surface area contributed by atoms with Crippen LogP contribution in [0.3, 0.4) is 0 Å². The summed E-state index contributed by atoms with van der Waals surface area (Å²) in [6.45, 7) is 4.65. The van der Waals surface area contributed by atoms with Gasteiger partial charge in [0.15, 0.2) is 5.78 Å². The quantitative estimate of drug-likeness (QED) is 0.709. The Labute approximate surface area is 192 Å². The standard InChI is InChI=1S/C27H39N3O2/c1-3-27-13-10-21-20-9-12-26(2,32)11-8-19(20)4-5-22(21)23(27)6-7-24(27)25(31)17-30-16-18(14-28)15-29-30/h15-16,19-24,32H,3-13,17H2,1-2H3/t19-,20+,21-,22-,23+,24-,26+,27+/m1/s1. The Kier molecular flexibility index (Phi) is 5.73. The molecular formula is C27H39N3O2. The summed E-state index contributed by atoms with van der Waals surface area (Å²) in [6.07, 6.45) is 16.0. The van der Waals surface area contributed by atoms with Gasteiger partial charge in [0.25, 0.3) is 0 Å². The molecule has 0 unspecified atom stereocenters. The van der Waals surface area contributed by atoms with E-state index in [-0.39, 0.29) is 11.3 Å². The van der Waals surface area contributed by atoms with Gasteiger partial charge < -0.3 is 5.11 Å². The van der Waals surface area contributed by atoms with Gasteiger partial charge in [0.1, 0.15) is 6.07 Å². The van der Waals surface area contributed by atoms with E-state index in [1.54, 1.807) is 17.1 Å². The topological polar surface area (TPSA) is 78.9 Å². The normalized spacial score (nSPS) is 43.4. The van der Waals surface area contributed by atoms with Crippen LogP contribution in [0.5, 0.6) is 0 Å². The molecule has 0 aliphatic heterocycles. The van der Waals surface area contributed by atoms with E-state index >= 15 is 0 Å². The maximum atomic E-state index is 13.5. The molecule has 5 heteroatoms. The lowest BCUT2D eigenvalue weighted by Gasteiger charge is -2.55. The summed E-state index contributed by atoms with van der Waals surface area (Å²) in [4.78, 5) is 13.5. The van der Waals surface area contributed by atoms with E-state index in [1.165, 1.54) is 44.9 Å². The van der Waals surface area contributed by atoms with Gasteiger partial charge in [-0.1, -0.05) is 6.92 Å². The minimum Gasteiger partial charge on any atom is -0.390 e. The van der Waals surface area contributed by atoms with Gasteiger partial charge in [-0.3, -0.25) is 9.48 Å². The molecule has 0 saturated heterocycles. The van der Waals surface area contributed by atoms with Gasteiger partial charge in [-0.25, -0.2) is 0 Å². The fourth-order valence-electron chi connectivity index (χ4n) is 8.90. The molecule has 0 aromatic carbocycles. The van der Waals surface area contributed by atoms with E-state index in [2.05, 4.69) is 18.1 Å². The highest BCUT2D eigenvalue weighted by molar-refractivity contribution is 5.82. The summed E-state index contributed by atoms with van der Waals surface area (Å²) in [6, 6.07) is 2.11. The maximum Gasteiger partial charge on any atom is 0.157 e. The third-order valence-corrected chi connectivity index (χ3v) is 10.4. The molecule has 4 aliphatic rings. The van der Waals surface area contributed by atoms with Crippen LogP contribution < -0.4 is 0 Å². The third kappa shape index (κ3) is 3.63. The maximum absolute atomic E-state index is 13.5. The summed E-state index contributed by atoms with van der Waals surface area (Å²) >= 11 is 0. The van der Waals surface area contributed by atoms with E-state index in [1.807, 2.05) is 6.92 Å². The average molecular weight is 438 g/mol. The van der Waals surface area contributed by atoms with E-state index in [0.29, 0.717) is 23.8 Å². The van der Waals surface area contributed by atoms with Crippen molar-refractivity contribution in [1.29, 1.82) is 5.26 Å². The second-order valence-electron chi connectivity index (χ2n) is 11.8. The van der Waals surface area contributed by atoms with Crippen LogP contribution in [0.25, 0.3) is 0 Å². The first-order chi connectivity index (χ1) is 15.4. The van der Waals surface area contributed by atoms with E-state index in [4.69, 9.17) is 5.26 Å². The zero-order valence-corrected chi connectivity index (χ0v) is 19.8. The first kappa shape index (κ1) is 22.1. The summed E-state index contributed by atoms with van der Waals surface area (Å²) in [7, 11) is 0. The first-order valence-electron chi connectivity index (χ1n) is 13.0. The monoisotopic (exact) mass is 437 g/mol. The largest absolute Gasteiger partial charge is 0.390 e. The molecule has 0 spiro atoms. The molecule has 5 rings (SSSR count). The van der Waals surface area contributed by atoms with Crippen LogP contribution in [-0.2, 0) is 11.3 Å². The molecule has 8 atom stereocenters. The molecule has 0 radical (unpaired) electrons. The van der Waals surface area contributed by atoms with Gasteiger partial charge in [-0.15, -0.1) is 0 Å². The van der Waals surface area contributed by atoms with Gasteiger partial charge in [0.2, 0.25) is 0 Å². The molecule has 5 nitrogen and oxygen atoms in total. The van der Waals surface area contributed by atoms with Crippen LogP contribution in [0.15, 0.2) is 12.4 Å². The SMILES string of the molecule is CC[C@]12CC[C@H]3[C@@H](CC[C@@H]4CC[C@](C)(O)CC[C@@H]43)[C@@H]1CC[C@@H]2C(=O)Cn1cc(C#N)cn1. The molecule has 4 saturated carbocycles. The number of nitriles is 1. The van der Waals surface area contributed by atoms with Crippen LogP contribution in [0.1, 0.15) is 90.0 Å². The number of ketones is 1. The van der Waals surface area contributed by atoms with Crippen molar-refractivity contribution in [2.24, 2.45) is 40.9 Å². The molecule has 1 aromatic heterocycles. The Hall–Kier alpha value is -1.67. The van der Waals surface area contributed by atoms with Crippen molar-refractivity contribution in [3.05, 3.63) is 18.0 Å². The molecular weight excluding hydrogens is 398 g/mol. The number of aliphatic hydroxyl groups is 1. The number of fused-ring (bicyclic) bond motifs is 5. The van der Waals surface area contributed by atoms with Crippen molar-refractivity contribution in [1.82, 2.24) is 9.78 Å². The number of aromatic nitrogens is 2. The Bertz CT molecular complexity index is 899. The van der Waals surface area contributed by atoms with Crippen LogP contribution >= 0.6 is 0 Å². The number of hydrogen-bond acceptors (Lipinski definition) is 4. The van der Waals surface area contributed by atoms with Crippen molar-refractivity contribution in [3.63, 3.8) is 0 Å².